The first-order valence-electron chi connectivity index (χ1n) is 4.04. The monoisotopic (exact) mass is 172 g/mol. The minimum atomic E-state index is 0.313. The van der Waals surface area contributed by atoms with Crippen LogP contribution in [0.2, 0.25) is 0 Å². The molecule has 0 saturated heterocycles. The minimum absolute atomic E-state index is 0.313. The second-order valence-corrected chi connectivity index (χ2v) is 3.90. The molecule has 3 atom stereocenters. The number of rotatable bonds is 1. The zero-order chi connectivity index (χ0) is 8.43. The van der Waals surface area contributed by atoms with Gasteiger partial charge in [0.05, 0.1) is 6.10 Å². The summed E-state index contributed by atoms with van der Waals surface area (Å²) in [6.45, 7) is 4.35. The summed E-state index contributed by atoms with van der Waals surface area (Å²) in [6, 6.07) is 0. The highest BCUT2D eigenvalue weighted by molar-refractivity contribution is 7.81. The SMILES string of the molecule is COC1C=C(C)C(S)C(C)C1. The highest BCUT2D eigenvalue weighted by atomic mass is 32.1. The fourth-order valence-electron chi connectivity index (χ4n) is 1.57. The van der Waals surface area contributed by atoms with Crippen molar-refractivity contribution in [2.24, 2.45) is 5.92 Å². The van der Waals surface area contributed by atoms with Gasteiger partial charge in [-0.15, -0.1) is 0 Å². The first-order chi connectivity index (χ1) is 5.15. The summed E-state index contributed by atoms with van der Waals surface area (Å²) in [4.78, 5) is 0. The molecule has 64 valence electrons. The molecule has 0 saturated carbocycles. The molecule has 0 bridgehead atoms. The van der Waals surface area contributed by atoms with Gasteiger partial charge in [-0.3, -0.25) is 0 Å². The summed E-state index contributed by atoms with van der Waals surface area (Å²) < 4.78 is 5.27. The second kappa shape index (κ2) is 3.63. The maximum absolute atomic E-state index is 5.27. The Morgan fingerprint density at radius 2 is 2.27 bits per heavy atom. The maximum Gasteiger partial charge on any atom is 0.0758 e. The predicted molar refractivity (Wildman–Crippen MR) is 51.1 cm³/mol. The Kier molecular flexibility index (Phi) is 3.02. The van der Waals surface area contributed by atoms with Gasteiger partial charge in [-0.25, -0.2) is 0 Å². The molecule has 1 aliphatic carbocycles. The lowest BCUT2D eigenvalue weighted by molar-refractivity contribution is 0.114. The minimum Gasteiger partial charge on any atom is -0.377 e. The third kappa shape index (κ3) is 2.00. The number of hydrogen-bond acceptors (Lipinski definition) is 2. The molecule has 0 aromatic rings. The molecule has 0 heterocycles. The van der Waals surface area contributed by atoms with Gasteiger partial charge >= 0.3 is 0 Å². The van der Waals surface area contributed by atoms with Crippen molar-refractivity contribution in [1.82, 2.24) is 0 Å². The van der Waals surface area contributed by atoms with Gasteiger partial charge in [0, 0.05) is 12.4 Å². The lowest BCUT2D eigenvalue weighted by atomic mass is 9.89. The molecule has 0 fully saturated rings. The lowest BCUT2D eigenvalue weighted by Crippen LogP contribution is -2.26. The molecule has 3 unspecified atom stereocenters. The van der Waals surface area contributed by atoms with Gasteiger partial charge in [-0.2, -0.15) is 12.6 Å². The third-order valence-corrected chi connectivity index (χ3v) is 3.28. The Hall–Kier alpha value is 0.0500. The van der Waals surface area contributed by atoms with Crippen LogP contribution < -0.4 is 0 Å². The topological polar surface area (TPSA) is 9.23 Å². The lowest BCUT2D eigenvalue weighted by Gasteiger charge is -2.29. The molecule has 0 N–H and O–H groups in total. The van der Waals surface area contributed by atoms with Gasteiger partial charge in [0.25, 0.3) is 0 Å². The normalized spacial score (nSPS) is 38.5. The van der Waals surface area contributed by atoms with Crippen LogP contribution in [0.3, 0.4) is 0 Å². The van der Waals surface area contributed by atoms with E-state index in [9.17, 15) is 0 Å². The molecule has 1 aliphatic rings. The molecule has 0 aromatic heterocycles. The van der Waals surface area contributed by atoms with Crippen LogP contribution >= 0.6 is 12.6 Å². The van der Waals surface area contributed by atoms with Crippen molar-refractivity contribution in [2.75, 3.05) is 7.11 Å². The van der Waals surface area contributed by atoms with Crippen LogP contribution in [-0.2, 0) is 4.74 Å². The van der Waals surface area contributed by atoms with Crippen LogP contribution in [0.5, 0.6) is 0 Å². The number of thiol groups is 1. The first kappa shape index (κ1) is 9.14. The van der Waals surface area contributed by atoms with Crippen LogP contribution in [-0.4, -0.2) is 18.5 Å². The third-order valence-electron chi connectivity index (χ3n) is 2.36. The summed E-state index contributed by atoms with van der Waals surface area (Å²) >= 11 is 4.51. The van der Waals surface area contributed by atoms with E-state index in [0.29, 0.717) is 17.3 Å². The van der Waals surface area contributed by atoms with Crippen molar-refractivity contribution in [2.45, 2.75) is 31.6 Å². The summed E-state index contributed by atoms with van der Waals surface area (Å²) in [5, 5.41) is 0.432. The Morgan fingerprint density at radius 1 is 1.64 bits per heavy atom. The van der Waals surface area contributed by atoms with E-state index in [-0.39, 0.29) is 0 Å². The number of methoxy groups -OCH3 is 1. The fourth-order valence-corrected chi connectivity index (χ4v) is 1.78. The first-order valence-corrected chi connectivity index (χ1v) is 4.56. The summed E-state index contributed by atoms with van der Waals surface area (Å²) in [6.07, 6.45) is 3.59. The summed E-state index contributed by atoms with van der Waals surface area (Å²) in [5.41, 5.74) is 1.35. The van der Waals surface area contributed by atoms with Crippen molar-refractivity contribution in [3.8, 4) is 0 Å². The van der Waals surface area contributed by atoms with Gasteiger partial charge in [0.15, 0.2) is 0 Å². The molecule has 0 amide bonds. The Morgan fingerprint density at radius 3 is 2.73 bits per heavy atom. The van der Waals surface area contributed by atoms with E-state index in [1.165, 1.54) is 5.57 Å². The van der Waals surface area contributed by atoms with E-state index in [1.807, 2.05) is 0 Å². The van der Waals surface area contributed by atoms with Crippen molar-refractivity contribution >= 4 is 12.6 Å². The van der Waals surface area contributed by atoms with E-state index in [0.717, 1.165) is 6.42 Å². The van der Waals surface area contributed by atoms with Crippen LogP contribution in [0, 0.1) is 5.92 Å². The van der Waals surface area contributed by atoms with E-state index in [4.69, 9.17) is 4.74 Å². The zero-order valence-electron chi connectivity index (χ0n) is 7.37. The molecule has 0 aliphatic heterocycles. The highest BCUT2D eigenvalue weighted by Crippen LogP contribution is 2.29. The average Bonchev–Trinajstić information content (AvgIpc) is 1.99. The van der Waals surface area contributed by atoms with E-state index in [1.54, 1.807) is 7.11 Å². The zero-order valence-corrected chi connectivity index (χ0v) is 8.27. The van der Waals surface area contributed by atoms with E-state index >= 15 is 0 Å². The molecule has 1 nitrogen and oxygen atoms in total. The molecular formula is C9H16OS. The van der Waals surface area contributed by atoms with Crippen molar-refractivity contribution in [1.29, 1.82) is 0 Å². The molecule has 0 radical (unpaired) electrons. The second-order valence-electron chi connectivity index (χ2n) is 3.34. The molecule has 11 heavy (non-hydrogen) atoms. The van der Waals surface area contributed by atoms with E-state index in [2.05, 4.69) is 32.6 Å². The van der Waals surface area contributed by atoms with Gasteiger partial charge < -0.3 is 4.74 Å². The average molecular weight is 172 g/mol. The van der Waals surface area contributed by atoms with Crippen LogP contribution in [0.1, 0.15) is 20.3 Å². The molecule has 0 aromatic carbocycles. The maximum atomic E-state index is 5.27. The standard InChI is InChI=1S/C9H16OS/c1-6-4-8(10-3)5-7(2)9(6)11/h4,7-9,11H,5H2,1-3H3. The number of hydrogen-bond donors (Lipinski definition) is 1. The van der Waals surface area contributed by atoms with Crippen molar-refractivity contribution < 1.29 is 4.74 Å². The Balaban J connectivity index is 2.68. The summed E-state index contributed by atoms with van der Waals surface area (Å²) in [7, 11) is 1.76. The quantitative estimate of drug-likeness (QED) is 0.471. The predicted octanol–water partition coefficient (Wildman–Crippen LogP) is 2.29. The molecule has 2 heteroatoms. The Bertz CT molecular complexity index is 165. The van der Waals surface area contributed by atoms with Gasteiger partial charge in [-0.1, -0.05) is 18.6 Å². The van der Waals surface area contributed by atoms with E-state index < -0.39 is 0 Å². The van der Waals surface area contributed by atoms with Crippen molar-refractivity contribution in [3.05, 3.63) is 11.6 Å². The van der Waals surface area contributed by atoms with Crippen LogP contribution in [0.15, 0.2) is 11.6 Å². The molecule has 0 spiro atoms. The van der Waals surface area contributed by atoms with Crippen LogP contribution in [0.25, 0.3) is 0 Å². The van der Waals surface area contributed by atoms with Gasteiger partial charge in [-0.05, 0) is 19.3 Å². The highest BCUT2D eigenvalue weighted by Gasteiger charge is 2.23. The Labute approximate surface area is 74.2 Å². The van der Waals surface area contributed by atoms with Crippen molar-refractivity contribution in [3.63, 3.8) is 0 Å². The largest absolute Gasteiger partial charge is 0.377 e. The molecular weight excluding hydrogens is 156 g/mol. The fraction of sp³-hybridized carbons (Fsp3) is 0.778. The van der Waals surface area contributed by atoms with Gasteiger partial charge in [0.2, 0.25) is 0 Å². The van der Waals surface area contributed by atoms with Crippen LogP contribution in [0.4, 0.5) is 0 Å². The smallest absolute Gasteiger partial charge is 0.0758 e. The van der Waals surface area contributed by atoms with Gasteiger partial charge in [0.1, 0.15) is 0 Å². The number of ether oxygens (including phenoxy) is 1. The summed E-state index contributed by atoms with van der Waals surface area (Å²) in [5.74, 6) is 0.633. The molecule has 1 rings (SSSR count).